The number of benzene rings is 1. The van der Waals surface area contributed by atoms with Crippen LogP contribution >= 0.6 is 31.9 Å². The topological polar surface area (TPSA) is 0 Å². The average molecular weight is 306 g/mol. The number of aryl methyl sites for hydroxylation is 1. The van der Waals surface area contributed by atoms with Gasteiger partial charge in [0.25, 0.3) is 0 Å². The second-order valence-corrected chi connectivity index (χ2v) is 4.87. The van der Waals surface area contributed by atoms with Crippen LogP contribution in [-0.4, -0.2) is 5.33 Å². The van der Waals surface area contributed by atoms with Crippen molar-refractivity contribution in [2.24, 2.45) is 0 Å². The summed E-state index contributed by atoms with van der Waals surface area (Å²) in [7, 11) is 0. The van der Waals surface area contributed by atoms with Gasteiger partial charge >= 0.3 is 0 Å². The van der Waals surface area contributed by atoms with Crippen molar-refractivity contribution in [3.05, 3.63) is 35.4 Å². The van der Waals surface area contributed by atoms with Crippen molar-refractivity contribution in [1.29, 1.82) is 0 Å². The third-order valence-corrected chi connectivity index (χ3v) is 4.38. The van der Waals surface area contributed by atoms with E-state index in [-0.39, 0.29) is 0 Å². The van der Waals surface area contributed by atoms with Gasteiger partial charge in [-0.2, -0.15) is 0 Å². The Morgan fingerprint density at radius 1 is 1.23 bits per heavy atom. The number of hydrogen-bond donors (Lipinski definition) is 0. The molecule has 0 amide bonds. The molecule has 0 radical (unpaired) electrons. The Bertz CT molecular complexity index is 241. The summed E-state index contributed by atoms with van der Waals surface area (Å²) in [6.45, 7) is 2.21. The quantitative estimate of drug-likeness (QED) is 0.720. The summed E-state index contributed by atoms with van der Waals surface area (Å²) in [5.41, 5.74) is 2.78. The standard InChI is InChI=1S/C11H14Br2/c1-2-3-9-4-6-10(7-5-9)11(13)8-12/h4-7,11H,2-3,8H2,1H3. The van der Waals surface area contributed by atoms with Crippen LogP contribution in [-0.2, 0) is 6.42 Å². The van der Waals surface area contributed by atoms with Crippen LogP contribution in [0.1, 0.15) is 29.3 Å². The van der Waals surface area contributed by atoms with Gasteiger partial charge in [0.15, 0.2) is 0 Å². The van der Waals surface area contributed by atoms with Crippen LogP contribution in [0.5, 0.6) is 0 Å². The van der Waals surface area contributed by atoms with Crippen LogP contribution in [0.25, 0.3) is 0 Å². The van der Waals surface area contributed by atoms with Crippen LogP contribution in [0.15, 0.2) is 24.3 Å². The van der Waals surface area contributed by atoms with Gasteiger partial charge in [0.1, 0.15) is 0 Å². The molecule has 1 atom stereocenters. The fourth-order valence-corrected chi connectivity index (χ4v) is 1.95. The van der Waals surface area contributed by atoms with E-state index in [4.69, 9.17) is 0 Å². The number of rotatable bonds is 4. The average Bonchev–Trinajstić information content (AvgIpc) is 2.18. The second-order valence-electron chi connectivity index (χ2n) is 3.11. The van der Waals surface area contributed by atoms with E-state index in [9.17, 15) is 0 Å². The van der Waals surface area contributed by atoms with E-state index < -0.39 is 0 Å². The van der Waals surface area contributed by atoms with E-state index >= 15 is 0 Å². The fraction of sp³-hybridized carbons (Fsp3) is 0.455. The highest BCUT2D eigenvalue weighted by molar-refractivity contribution is 9.12. The molecule has 0 nitrogen and oxygen atoms in total. The molecule has 0 fully saturated rings. The molecule has 0 heterocycles. The lowest BCUT2D eigenvalue weighted by Crippen LogP contribution is -1.91. The number of alkyl halides is 2. The molecule has 1 aromatic rings. The first-order valence-electron chi connectivity index (χ1n) is 4.56. The van der Waals surface area contributed by atoms with Gasteiger partial charge in [-0.15, -0.1) is 0 Å². The van der Waals surface area contributed by atoms with E-state index in [1.807, 2.05) is 0 Å². The molecule has 0 aromatic heterocycles. The van der Waals surface area contributed by atoms with E-state index in [0.717, 1.165) is 5.33 Å². The first kappa shape index (κ1) is 11.3. The first-order valence-corrected chi connectivity index (χ1v) is 6.60. The van der Waals surface area contributed by atoms with Crippen molar-refractivity contribution in [3.63, 3.8) is 0 Å². The minimum absolute atomic E-state index is 0.433. The highest BCUT2D eigenvalue weighted by atomic mass is 79.9. The Hall–Kier alpha value is 0.180. The van der Waals surface area contributed by atoms with E-state index in [1.54, 1.807) is 0 Å². The molecule has 0 spiro atoms. The molecule has 0 saturated heterocycles. The predicted molar refractivity (Wildman–Crippen MR) is 65.9 cm³/mol. The van der Waals surface area contributed by atoms with Gasteiger partial charge in [-0.05, 0) is 17.5 Å². The Balaban J connectivity index is 2.69. The van der Waals surface area contributed by atoms with Gasteiger partial charge in [0.2, 0.25) is 0 Å². The van der Waals surface area contributed by atoms with Gasteiger partial charge in [-0.25, -0.2) is 0 Å². The van der Waals surface area contributed by atoms with Crippen molar-refractivity contribution < 1.29 is 0 Å². The lowest BCUT2D eigenvalue weighted by Gasteiger charge is -2.06. The summed E-state index contributed by atoms with van der Waals surface area (Å²) in [4.78, 5) is 0.433. The zero-order valence-corrected chi connectivity index (χ0v) is 10.9. The van der Waals surface area contributed by atoms with Crippen molar-refractivity contribution in [2.75, 3.05) is 5.33 Å². The Labute approximate surface area is 97.0 Å². The van der Waals surface area contributed by atoms with Gasteiger partial charge in [0.05, 0.1) is 0 Å². The third-order valence-electron chi connectivity index (χ3n) is 2.02. The SMILES string of the molecule is CCCc1ccc(C(Br)CBr)cc1. The largest absolute Gasteiger partial charge is 0.0912 e. The van der Waals surface area contributed by atoms with Crippen molar-refractivity contribution >= 4 is 31.9 Å². The Morgan fingerprint density at radius 3 is 2.31 bits per heavy atom. The molecular weight excluding hydrogens is 292 g/mol. The van der Waals surface area contributed by atoms with Crippen molar-refractivity contribution in [3.8, 4) is 0 Å². The summed E-state index contributed by atoms with van der Waals surface area (Å²) < 4.78 is 0. The van der Waals surface area contributed by atoms with E-state index in [2.05, 4.69) is 63.0 Å². The Morgan fingerprint density at radius 2 is 1.85 bits per heavy atom. The first-order chi connectivity index (χ1) is 6.27. The molecular formula is C11H14Br2. The van der Waals surface area contributed by atoms with Crippen molar-refractivity contribution in [1.82, 2.24) is 0 Å². The van der Waals surface area contributed by atoms with Crippen LogP contribution in [0, 0.1) is 0 Å². The van der Waals surface area contributed by atoms with E-state index in [0.29, 0.717) is 4.83 Å². The van der Waals surface area contributed by atoms with Gasteiger partial charge in [-0.1, -0.05) is 69.5 Å². The fourth-order valence-electron chi connectivity index (χ4n) is 1.27. The highest BCUT2D eigenvalue weighted by Crippen LogP contribution is 2.24. The smallest absolute Gasteiger partial charge is 0.0492 e. The van der Waals surface area contributed by atoms with Crippen LogP contribution in [0.3, 0.4) is 0 Å². The molecule has 0 N–H and O–H groups in total. The summed E-state index contributed by atoms with van der Waals surface area (Å²) in [6.07, 6.45) is 2.40. The minimum atomic E-state index is 0.433. The summed E-state index contributed by atoms with van der Waals surface area (Å²) in [5, 5.41) is 0.958. The maximum Gasteiger partial charge on any atom is 0.0492 e. The summed E-state index contributed by atoms with van der Waals surface area (Å²) in [6, 6.07) is 8.84. The lowest BCUT2D eigenvalue weighted by atomic mass is 10.1. The van der Waals surface area contributed by atoms with E-state index in [1.165, 1.54) is 24.0 Å². The normalized spacial score (nSPS) is 12.8. The third kappa shape index (κ3) is 3.43. The molecule has 0 aliphatic rings. The zero-order valence-electron chi connectivity index (χ0n) is 7.76. The Kier molecular flexibility index (Phi) is 5.04. The molecule has 13 heavy (non-hydrogen) atoms. The molecule has 0 aliphatic heterocycles. The van der Waals surface area contributed by atoms with Crippen LogP contribution in [0.2, 0.25) is 0 Å². The maximum absolute atomic E-state index is 3.60. The minimum Gasteiger partial charge on any atom is -0.0912 e. The van der Waals surface area contributed by atoms with Crippen LogP contribution < -0.4 is 0 Å². The molecule has 2 heteroatoms. The molecule has 0 bridgehead atoms. The molecule has 1 unspecified atom stereocenters. The monoisotopic (exact) mass is 304 g/mol. The van der Waals surface area contributed by atoms with Gasteiger partial charge < -0.3 is 0 Å². The number of hydrogen-bond acceptors (Lipinski definition) is 0. The maximum atomic E-state index is 3.60. The molecule has 1 aromatic carbocycles. The summed E-state index contributed by atoms with van der Waals surface area (Å²) in [5.74, 6) is 0. The zero-order chi connectivity index (χ0) is 9.68. The van der Waals surface area contributed by atoms with Crippen molar-refractivity contribution in [2.45, 2.75) is 24.6 Å². The lowest BCUT2D eigenvalue weighted by molar-refractivity contribution is 0.920. The number of halogens is 2. The second kappa shape index (κ2) is 5.82. The van der Waals surface area contributed by atoms with Crippen LogP contribution in [0.4, 0.5) is 0 Å². The molecule has 0 saturated carbocycles. The molecule has 0 aliphatic carbocycles. The predicted octanol–water partition coefficient (Wildman–Crippen LogP) is 4.47. The van der Waals surface area contributed by atoms with Gasteiger partial charge in [-0.3, -0.25) is 0 Å². The van der Waals surface area contributed by atoms with Gasteiger partial charge in [0, 0.05) is 10.2 Å². The molecule has 1 rings (SSSR count). The summed E-state index contributed by atoms with van der Waals surface area (Å²) >= 11 is 7.06. The molecule has 72 valence electrons. The highest BCUT2D eigenvalue weighted by Gasteiger charge is 2.04.